The number of hydrogen-bond acceptors (Lipinski definition) is 4. The number of nitrogens with two attached hydrogens (primary N) is 1. The van der Waals surface area contributed by atoms with Gasteiger partial charge in [-0.3, -0.25) is 5.01 Å². The van der Waals surface area contributed by atoms with Crippen LogP contribution in [0.4, 0.5) is 18.9 Å². The number of allylic oxidation sites excluding steroid dienone is 1. The lowest BCUT2D eigenvalue weighted by Crippen LogP contribution is -2.29. The van der Waals surface area contributed by atoms with Crippen molar-refractivity contribution in [3.8, 4) is 5.75 Å². The van der Waals surface area contributed by atoms with Crippen LogP contribution in [0.3, 0.4) is 0 Å². The molecule has 0 aromatic heterocycles. The molecule has 0 spiro atoms. The number of ether oxygens (including phenoxy) is 1. The molecule has 0 aliphatic heterocycles. The monoisotopic (exact) mass is 413 g/mol. The fourth-order valence-corrected chi connectivity index (χ4v) is 2.66. The molecule has 0 saturated heterocycles. The molecule has 2 aromatic rings. The Morgan fingerprint density at radius 2 is 1.86 bits per heavy atom. The van der Waals surface area contributed by atoms with Crippen molar-refractivity contribution in [2.24, 2.45) is 5.84 Å². The van der Waals surface area contributed by atoms with Crippen LogP contribution in [0.15, 0.2) is 54.6 Å². The summed E-state index contributed by atoms with van der Waals surface area (Å²) in [6.07, 6.45) is -4.43. The molecule has 0 fully saturated rings. The third-order valence-corrected chi connectivity index (χ3v) is 4.16. The van der Waals surface area contributed by atoms with Crippen LogP contribution < -0.4 is 15.6 Å². The highest BCUT2D eigenvalue weighted by Gasteiger charge is 2.26. The normalized spacial score (nSPS) is 12.4. The molecule has 152 valence electrons. The lowest BCUT2D eigenvalue weighted by Gasteiger charge is -2.24. The zero-order chi connectivity index (χ0) is 20.7. The van der Waals surface area contributed by atoms with Crippen LogP contribution in [0, 0.1) is 0 Å². The van der Waals surface area contributed by atoms with E-state index in [9.17, 15) is 13.2 Å². The highest BCUT2D eigenvalue weighted by atomic mass is 35.5. The first kappa shape index (κ1) is 22.1. The summed E-state index contributed by atoms with van der Waals surface area (Å²) in [7, 11) is 3.85. The summed E-state index contributed by atoms with van der Waals surface area (Å²) in [4.78, 5) is 1.97. The molecular formula is C20H23ClF3N3O. The van der Waals surface area contributed by atoms with Gasteiger partial charge in [-0.1, -0.05) is 35.9 Å². The van der Waals surface area contributed by atoms with Gasteiger partial charge >= 0.3 is 6.18 Å². The second kappa shape index (κ2) is 9.82. The van der Waals surface area contributed by atoms with Crippen molar-refractivity contribution in [2.75, 3.05) is 32.3 Å². The number of nitrogens with zero attached hydrogens (tertiary/aromatic N) is 2. The van der Waals surface area contributed by atoms with Crippen LogP contribution in [-0.2, 0) is 0 Å². The molecule has 0 radical (unpaired) electrons. The Kier molecular flexibility index (Phi) is 7.74. The molecule has 0 saturated carbocycles. The maximum Gasteiger partial charge on any atom is 0.392 e. The predicted octanol–water partition coefficient (Wildman–Crippen LogP) is 4.95. The van der Waals surface area contributed by atoms with Crippen LogP contribution in [-0.4, -0.2) is 38.3 Å². The van der Waals surface area contributed by atoms with E-state index < -0.39 is 12.6 Å². The van der Waals surface area contributed by atoms with Crippen molar-refractivity contribution in [1.29, 1.82) is 0 Å². The number of hydrogen-bond donors (Lipinski definition) is 1. The topological polar surface area (TPSA) is 41.7 Å². The number of anilines is 1. The van der Waals surface area contributed by atoms with Crippen molar-refractivity contribution >= 4 is 23.0 Å². The SMILES string of the molecule is CN(C)CCOc1cccc(/C(=C/CC(F)(F)F)N(N)c2ccccc2Cl)c1. The Labute approximate surface area is 167 Å². The van der Waals surface area contributed by atoms with Crippen LogP contribution in [0.25, 0.3) is 5.70 Å². The Morgan fingerprint density at radius 1 is 1.14 bits per heavy atom. The number of halogens is 4. The molecule has 2 aromatic carbocycles. The van der Waals surface area contributed by atoms with E-state index in [-0.39, 0.29) is 5.70 Å². The van der Waals surface area contributed by atoms with Gasteiger partial charge < -0.3 is 9.64 Å². The maximum absolute atomic E-state index is 12.8. The van der Waals surface area contributed by atoms with Gasteiger partial charge in [0.25, 0.3) is 0 Å². The van der Waals surface area contributed by atoms with Gasteiger partial charge in [0.15, 0.2) is 0 Å². The molecular weight excluding hydrogens is 391 g/mol. The van der Waals surface area contributed by atoms with E-state index in [2.05, 4.69) is 0 Å². The first-order valence-electron chi connectivity index (χ1n) is 8.61. The third-order valence-electron chi connectivity index (χ3n) is 3.84. The lowest BCUT2D eigenvalue weighted by atomic mass is 10.1. The number of rotatable bonds is 8. The van der Waals surface area contributed by atoms with Crippen molar-refractivity contribution in [1.82, 2.24) is 4.90 Å². The number of likely N-dealkylation sites (N-methyl/N-ethyl adjacent to an activating group) is 1. The molecule has 0 amide bonds. The lowest BCUT2D eigenvalue weighted by molar-refractivity contribution is -0.124. The average Bonchev–Trinajstić information content (AvgIpc) is 2.61. The molecule has 28 heavy (non-hydrogen) atoms. The summed E-state index contributed by atoms with van der Waals surface area (Å²) in [5, 5.41) is 1.49. The Morgan fingerprint density at radius 3 is 2.50 bits per heavy atom. The van der Waals surface area contributed by atoms with Crippen molar-refractivity contribution in [2.45, 2.75) is 12.6 Å². The number of alkyl halides is 3. The molecule has 0 heterocycles. The van der Waals surface area contributed by atoms with E-state index in [0.717, 1.165) is 11.1 Å². The molecule has 2 N–H and O–H groups in total. The van der Waals surface area contributed by atoms with Crippen molar-refractivity contribution in [3.05, 3.63) is 65.2 Å². The summed E-state index contributed by atoms with van der Waals surface area (Å²) in [6.45, 7) is 1.17. The van der Waals surface area contributed by atoms with Crippen LogP contribution in [0.2, 0.25) is 5.02 Å². The standard InChI is InChI=1S/C20H23ClF3N3O/c1-26(2)12-13-28-16-7-5-6-15(14-16)18(10-11-20(22,23)24)27(25)19-9-4-3-8-17(19)21/h3-10,14H,11-13,25H2,1-2H3/b18-10-. The molecule has 4 nitrogen and oxygen atoms in total. The van der Waals surface area contributed by atoms with E-state index >= 15 is 0 Å². The Balaban J connectivity index is 2.35. The Bertz CT molecular complexity index is 809. The summed E-state index contributed by atoms with van der Waals surface area (Å²) in [6, 6.07) is 13.5. The van der Waals surface area contributed by atoms with Gasteiger partial charge in [0.05, 0.1) is 22.8 Å². The first-order chi connectivity index (χ1) is 13.2. The number of hydrazine groups is 1. The highest BCUT2D eigenvalue weighted by Crippen LogP contribution is 2.32. The van der Waals surface area contributed by atoms with E-state index in [0.29, 0.717) is 35.2 Å². The van der Waals surface area contributed by atoms with Crippen molar-refractivity contribution < 1.29 is 17.9 Å². The predicted molar refractivity (Wildman–Crippen MR) is 107 cm³/mol. The number of para-hydroxylation sites is 1. The third kappa shape index (κ3) is 6.74. The van der Waals surface area contributed by atoms with Crippen LogP contribution in [0.1, 0.15) is 12.0 Å². The molecule has 0 aliphatic rings. The molecule has 0 unspecified atom stereocenters. The second-order valence-electron chi connectivity index (χ2n) is 6.41. The van der Waals surface area contributed by atoms with E-state index in [1.165, 1.54) is 0 Å². The molecule has 0 bridgehead atoms. The van der Waals surface area contributed by atoms with Gasteiger partial charge in [0, 0.05) is 12.1 Å². The van der Waals surface area contributed by atoms with Crippen molar-refractivity contribution in [3.63, 3.8) is 0 Å². The average molecular weight is 414 g/mol. The van der Waals surface area contributed by atoms with E-state index in [1.807, 2.05) is 19.0 Å². The minimum absolute atomic E-state index is 0.184. The quantitative estimate of drug-likeness (QED) is 0.491. The smallest absolute Gasteiger partial charge is 0.392 e. The van der Waals surface area contributed by atoms with Crippen LogP contribution >= 0.6 is 11.6 Å². The minimum atomic E-state index is -4.35. The highest BCUT2D eigenvalue weighted by molar-refractivity contribution is 6.33. The summed E-state index contributed by atoms with van der Waals surface area (Å²) < 4.78 is 44.2. The first-order valence-corrected chi connectivity index (χ1v) is 8.99. The van der Waals surface area contributed by atoms with E-state index in [4.69, 9.17) is 22.2 Å². The zero-order valence-corrected chi connectivity index (χ0v) is 16.5. The molecule has 0 aliphatic carbocycles. The second-order valence-corrected chi connectivity index (χ2v) is 6.82. The van der Waals surface area contributed by atoms with Gasteiger partial charge in [-0.15, -0.1) is 0 Å². The molecule has 2 rings (SSSR count). The minimum Gasteiger partial charge on any atom is -0.492 e. The summed E-state index contributed by atoms with van der Waals surface area (Å²) in [5.41, 5.74) is 1.08. The fraction of sp³-hybridized carbons (Fsp3) is 0.300. The fourth-order valence-electron chi connectivity index (χ4n) is 2.44. The zero-order valence-electron chi connectivity index (χ0n) is 15.7. The van der Waals surface area contributed by atoms with Gasteiger partial charge in [-0.05, 0) is 44.4 Å². The molecule has 8 heteroatoms. The van der Waals surface area contributed by atoms with Gasteiger partial charge in [-0.2, -0.15) is 13.2 Å². The maximum atomic E-state index is 12.8. The van der Waals surface area contributed by atoms with E-state index in [1.54, 1.807) is 48.5 Å². The van der Waals surface area contributed by atoms with Crippen LogP contribution in [0.5, 0.6) is 5.75 Å². The number of benzene rings is 2. The summed E-state index contributed by atoms with van der Waals surface area (Å²) >= 11 is 6.17. The van der Waals surface area contributed by atoms with Gasteiger partial charge in [-0.25, -0.2) is 5.84 Å². The largest absolute Gasteiger partial charge is 0.492 e. The summed E-state index contributed by atoms with van der Waals surface area (Å²) in [5.74, 6) is 6.70. The molecule has 0 atom stereocenters. The van der Waals surface area contributed by atoms with Gasteiger partial charge in [0.1, 0.15) is 12.4 Å². The Hall–Kier alpha value is -2.22. The van der Waals surface area contributed by atoms with Gasteiger partial charge in [0.2, 0.25) is 0 Å².